The molecule has 0 radical (unpaired) electrons. The molecule has 0 spiro atoms. The summed E-state index contributed by atoms with van der Waals surface area (Å²) in [7, 11) is -3.02. The van der Waals surface area contributed by atoms with Crippen LogP contribution in [0.2, 0.25) is 0 Å². The van der Waals surface area contributed by atoms with Crippen molar-refractivity contribution in [3.8, 4) is 0 Å². The van der Waals surface area contributed by atoms with Crippen LogP contribution >= 0.6 is 0 Å². The number of carboxylic acids is 1. The zero-order valence-electron chi connectivity index (χ0n) is 10.4. The quantitative estimate of drug-likeness (QED) is 0.721. The number of carbonyl (C=O) groups is 2. The van der Waals surface area contributed by atoms with Crippen LogP contribution < -0.4 is 5.32 Å². The molecular weight excluding hydrogens is 258 g/mol. The molecule has 0 heterocycles. The molecule has 1 amide bonds. The molecule has 1 rings (SSSR count). The maximum Gasteiger partial charge on any atom is 0.306 e. The predicted molar refractivity (Wildman–Crippen MR) is 65.9 cm³/mol. The molecule has 0 aromatic carbocycles. The number of aliphatic carboxylic acids is 1. The van der Waals surface area contributed by atoms with Crippen molar-refractivity contribution in [1.29, 1.82) is 0 Å². The van der Waals surface area contributed by atoms with Gasteiger partial charge in [-0.15, -0.1) is 0 Å². The average molecular weight is 277 g/mol. The molecule has 0 aromatic rings. The number of amides is 1. The van der Waals surface area contributed by atoms with E-state index in [1.807, 2.05) is 0 Å². The minimum absolute atomic E-state index is 0.00282. The summed E-state index contributed by atoms with van der Waals surface area (Å²) >= 11 is 0. The number of hydrogen-bond donors (Lipinski definition) is 2. The van der Waals surface area contributed by atoms with Gasteiger partial charge in [-0.05, 0) is 25.7 Å². The Bertz CT molecular complexity index is 417. The van der Waals surface area contributed by atoms with E-state index in [4.69, 9.17) is 5.11 Å². The molecule has 6 nitrogen and oxygen atoms in total. The summed E-state index contributed by atoms with van der Waals surface area (Å²) in [6, 6.07) is -0.0863. The van der Waals surface area contributed by atoms with E-state index in [1.165, 1.54) is 0 Å². The third kappa shape index (κ3) is 5.48. The van der Waals surface area contributed by atoms with Gasteiger partial charge in [-0.3, -0.25) is 9.59 Å². The van der Waals surface area contributed by atoms with Crippen molar-refractivity contribution in [3.63, 3.8) is 0 Å². The van der Waals surface area contributed by atoms with Crippen molar-refractivity contribution in [2.45, 2.75) is 38.1 Å². The van der Waals surface area contributed by atoms with Crippen LogP contribution in [-0.4, -0.2) is 43.5 Å². The highest BCUT2D eigenvalue weighted by Gasteiger charge is 2.30. The average Bonchev–Trinajstić information content (AvgIpc) is 2.64. The van der Waals surface area contributed by atoms with Gasteiger partial charge in [0.15, 0.2) is 0 Å². The molecule has 104 valence electrons. The van der Waals surface area contributed by atoms with E-state index in [0.29, 0.717) is 25.7 Å². The van der Waals surface area contributed by atoms with Crippen molar-refractivity contribution < 1.29 is 23.1 Å². The van der Waals surface area contributed by atoms with Gasteiger partial charge in [0.05, 0.1) is 11.7 Å². The Balaban J connectivity index is 2.23. The van der Waals surface area contributed by atoms with Gasteiger partial charge in [-0.2, -0.15) is 0 Å². The Labute approximate surface area is 107 Å². The second-order valence-electron chi connectivity index (χ2n) is 4.85. The fraction of sp³-hybridized carbons (Fsp3) is 0.818. The molecule has 7 heteroatoms. The van der Waals surface area contributed by atoms with Crippen LogP contribution in [0.4, 0.5) is 0 Å². The number of sulfone groups is 1. The first-order valence-electron chi connectivity index (χ1n) is 5.98. The van der Waals surface area contributed by atoms with Gasteiger partial charge in [-0.1, -0.05) is 0 Å². The summed E-state index contributed by atoms with van der Waals surface area (Å²) in [5, 5.41) is 11.6. The first-order valence-corrected chi connectivity index (χ1v) is 8.04. The van der Waals surface area contributed by atoms with Gasteiger partial charge in [0.1, 0.15) is 9.84 Å². The van der Waals surface area contributed by atoms with Gasteiger partial charge in [-0.25, -0.2) is 8.42 Å². The van der Waals surface area contributed by atoms with E-state index in [2.05, 4.69) is 5.32 Å². The lowest BCUT2D eigenvalue weighted by Gasteiger charge is -2.12. The summed E-state index contributed by atoms with van der Waals surface area (Å²) in [5.41, 5.74) is 0. The molecule has 0 aliphatic heterocycles. The van der Waals surface area contributed by atoms with Crippen molar-refractivity contribution in [1.82, 2.24) is 5.32 Å². The lowest BCUT2D eigenvalue weighted by molar-refractivity contribution is -0.141. The zero-order valence-corrected chi connectivity index (χ0v) is 11.2. The molecule has 0 unspecified atom stereocenters. The van der Waals surface area contributed by atoms with Gasteiger partial charge in [0.25, 0.3) is 0 Å². The Morgan fingerprint density at radius 2 is 2.00 bits per heavy atom. The predicted octanol–water partition coefficient (Wildman–Crippen LogP) is 0.181. The smallest absolute Gasteiger partial charge is 0.306 e. The molecule has 0 saturated heterocycles. The summed E-state index contributed by atoms with van der Waals surface area (Å²) < 4.78 is 21.8. The number of carboxylic acid groups (broad SMARTS) is 1. The van der Waals surface area contributed by atoms with Gasteiger partial charge >= 0.3 is 5.97 Å². The number of rotatable bonds is 6. The summed E-state index contributed by atoms with van der Waals surface area (Å²) in [5.74, 6) is -1.38. The van der Waals surface area contributed by atoms with Crippen LogP contribution in [0.5, 0.6) is 0 Å². The van der Waals surface area contributed by atoms with E-state index < -0.39 is 15.8 Å². The van der Waals surface area contributed by atoms with Crippen molar-refractivity contribution in [3.05, 3.63) is 0 Å². The van der Waals surface area contributed by atoms with Crippen molar-refractivity contribution >= 4 is 21.7 Å². The Kier molecular flexibility index (Phi) is 5.13. The largest absolute Gasteiger partial charge is 0.481 e. The molecule has 18 heavy (non-hydrogen) atoms. The van der Waals surface area contributed by atoms with Gasteiger partial charge in [0.2, 0.25) is 5.91 Å². The highest BCUT2D eigenvalue weighted by molar-refractivity contribution is 7.90. The van der Waals surface area contributed by atoms with E-state index in [-0.39, 0.29) is 30.0 Å². The molecule has 1 saturated carbocycles. The molecule has 0 bridgehead atoms. The van der Waals surface area contributed by atoms with Crippen molar-refractivity contribution in [2.24, 2.45) is 5.92 Å². The zero-order chi connectivity index (χ0) is 13.8. The van der Waals surface area contributed by atoms with Crippen LogP contribution in [0.15, 0.2) is 0 Å². The van der Waals surface area contributed by atoms with Crippen LogP contribution in [0.25, 0.3) is 0 Å². The SMILES string of the molecule is CS(=O)(=O)CCCC(=O)N[C@@H]1CC[C@H](C(=O)O)C1. The van der Waals surface area contributed by atoms with Crippen LogP contribution in [0.1, 0.15) is 32.1 Å². The second-order valence-corrected chi connectivity index (χ2v) is 7.11. The minimum Gasteiger partial charge on any atom is -0.481 e. The molecule has 0 aromatic heterocycles. The Hall–Kier alpha value is -1.11. The molecule has 1 aliphatic rings. The van der Waals surface area contributed by atoms with Crippen LogP contribution in [-0.2, 0) is 19.4 Å². The fourth-order valence-corrected chi connectivity index (χ4v) is 2.80. The van der Waals surface area contributed by atoms with Gasteiger partial charge < -0.3 is 10.4 Å². The minimum atomic E-state index is -3.02. The van der Waals surface area contributed by atoms with Crippen LogP contribution in [0.3, 0.4) is 0 Å². The summed E-state index contributed by atoms with van der Waals surface area (Å²) in [6.45, 7) is 0. The number of carbonyl (C=O) groups excluding carboxylic acids is 1. The third-order valence-electron chi connectivity index (χ3n) is 3.07. The molecule has 2 N–H and O–H groups in total. The first-order chi connectivity index (χ1) is 8.28. The van der Waals surface area contributed by atoms with Crippen LogP contribution in [0, 0.1) is 5.92 Å². The summed E-state index contributed by atoms with van der Waals surface area (Å²) in [6.07, 6.45) is 3.34. The maximum atomic E-state index is 11.5. The molecule has 1 fully saturated rings. The van der Waals surface area contributed by atoms with Gasteiger partial charge in [0, 0.05) is 18.7 Å². The fourth-order valence-electron chi connectivity index (χ4n) is 2.13. The highest BCUT2D eigenvalue weighted by Crippen LogP contribution is 2.25. The standard InChI is InChI=1S/C11H19NO5S/c1-18(16,17)6-2-3-10(13)12-9-5-4-8(7-9)11(14)15/h8-9H,2-7H2,1H3,(H,12,13)(H,14,15)/t8-,9+/m0/s1. The molecular formula is C11H19NO5S. The lowest BCUT2D eigenvalue weighted by atomic mass is 10.1. The third-order valence-corrected chi connectivity index (χ3v) is 4.10. The highest BCUT2D eigenvalue weighted by atomic mass is 32.2. The van der Waals surface area contributed by atoms with Crippen molar-refractivity contribution in [2.75, 3.05) is 12.0 Å². The number of hydrogen-bond acceptors (Lipinski definition) is 4. The second kappa shape index (κ2) is 6.17. The van der Waals surface area contributed by atoms with E-state index in [1.54, 1.807) is 0 Å². The maximum absolute atomic E-state index is 11.5. The monoisotopic (exact) mass is 277 g/mol. The Morgan fingerprint density at radius 3 is 2.50 bits per heavy atom. The van der Waals surface area contributed by atoms with E-state index in [0.717, 1.165) is 6.26 Å². The van der Waals surface area contributed by atoms with E-state index in [9.17, 15) is 18.0 Å². The number of nitrogens with one attached hydrogen (secondary N) is 1. The lowest BCUT2D eigenvalue weighted by Crippen LogP contribution is -2.33. The normalized spacial score (nSPS) is 23.8. The molecule has 1 aliphatic carbocycles. The first kappa shape index (κ1) is 14.9. The van der Waals surface area contributed by atoms with E-state index >= 15 is 0 Å². The topological polar surface area (TPSA) is 101 Å². The Morgan fingerprint density at radius 1 is 1.33 bits per heavy atom. The molecule has 2 atom stereocenters. The summed E-state index contributed by atoms with van der Waals surface area (Å²) in [4.78, 5) is 22.2.